The summed E-state index contributed by atoms with van der Waals surface area (Å²) in [5.74, 6) is 5.57. The first kappa shape index (κ1) is 14.3. The maximum atomic E-state index is 11.4. The quantitative estimate of drug-likeness (QED) is 0.381. The van der Waals surface area contributed by atoms with Gasteiger partial charge in [0.05, 0.1) is 0 Å². The molecule has 2 rings (SSSR count). The van der Waals surface area contributed by atoms with Crippen molar-refractivity contribution in [3.05, 3.63) is 35.4 Å². The number of rotatable bonds is 5. The summed E-state index contributed by atoms with van der Waals surface area (Å²) in [4.78, 5) is 11.4. The monoisotopic (exact) mass is 312 g/mol. The van der Waals surface area contributed by atoms with E-state index in [0.717, 1.165) is 20.0 Å². The minimum atomic E-state index is -0.285. The average molecular weight is 312 g/mol. The van der Waals surface area contributed by atoms with Crippen molar-refractivity contribution in [3.8, 4) is 0 Å². The number of aromatic nitrogens is 2. The van der Waals surface area contributed by atoms with Crippen molar-refractivity contribution >= 4 is 40.8 Å². The van der Waals surface area contributed by atoms with Gasteiger partial charge < -0.3 is 0 Å². The molecule has 1 amide bonds. The van der Waals surface area contributed by atoms with Gasteiger partial charge in [0.25, 0.3) is 5.91 Å². The molecule has 0 aliphatic carbocycles. The highest BCUT2D eigenvalue weighted by molar-refractivity contribution is 8.02. The molecular weight excluding hydrogens is 300 g/mol. The lowest BCUT2D eigenvalue weighted by atomic mass is 10.1. The first-order valence-corrected chi connectivity index (χ1v) is 8.36. The summed E-state index contributed by atoms with van der Waals surface area (Å²) in [7, 11) is 0. The molecule has 0 aliphatic rings. The summed E-state index contributed by atoms with van der Waals surface area (Å²) in [5, 5.41) is 8.12. The van der Waals surface area contributed by atoms with Crippen molar-refractivity contribution in [2.75, 3.05) is 6.26 Å². The van der Waals surface area contributed by atoms with Gasteiger partial charge in [0, 0.05) is 11.3 Å². The van der Waals surface area contributed by atoms with Gasteiger partial charge in [0.15, 0.2) is 8.68 Å². The molecule has 0 radical (unpaired) electrons. The van der Waals surface area contributed by atoms with Crippen LogP contribution in [-0.2, 0) is 5.75 Å². The van der Waals surface area contributed by atoms with Crippen LogP contribution in [0.25, 0.3) is 0 Å². The van der Waals surface area contributed by atoms with E-state index in [1.54, 1.807) is 40.9 Å². The lowest BCUT2D eigenvalue weighted by Crippen LogP contribution is -2.29. The first-order chi connectivity index (χ1) is 9.22. The Morgan fingerprint density at radius 2 is 2.21 bits per heavy atom. The van der Waals surface area contributed by atoms with E-state index in [0.29, 0.717) is 5.56 Å². The minimum Gasteiger partial charge on any atom is -0.290 e. The zero-order chi connectivity index (χ0) is 13.7. The molecule has 0 unspecified atom stereocenters. The van der Waals surface area contributed by atoms with E-state index >= 15 is 0 Å². The van der Waals surface area contributed by atoms with E-state index in [1.165, 1.54) is 0 Å². The third-order valence-electron chi connectivity index (χ3n) is 2.25. The van der Waals surface area contributed by atoms with Gasteiger partial charge >= 0.3 is 0 Å². The molecule has 1 heterocycles. The number of nitrogen functional groups attached to an aromatic ring is 1. The lowest BCUT2D eigenvalue weighted by Gasteiger charge is -2.02. The maximum Gasteiger partial charge on any atom is 0.265 e. The van der Waals surface area contributed by atoms with Crippen molar-refractivity contribution in [1.82, 2.24) is 15.6 Å². The van der Waals surface area contributed by atoms with Crippen LogP contribution in [0.3, 0.4) is 0 Å². The number of hydrogen-bond acceptors (Lipinski definition) is 7. The van der Waals surface area contributed by atoms with E-state index in [4.69, 9.17) is 5.84 Å². The summed E-state index contributed by atoms with van der Waals surface area (Å²) in [5.41, 5.74) is 3.73. The molecule has 2 aromatic rings. The predicted octanol–water partition coefficient (Wildman–Crippen LogP) is 2.16. The number of amides is 1. The van der Waals surface area contributed by atoms with E-state index in [1.807, 2.05) is 24.5 Å². The molecule has 0 saturated heterocycles. The normalized spacial score (nSPS) is 10.4. The Hall–Kier alpha value is -1.09. The third kappa shape index (κ3) is 3.93. The molecule has 0 fully saturated rings. The van der Waals surface area contributed by atoms with Crippen LogP contribution >= 0.6 is 34.9 Å². The Kier molecular flexibility index (Phi) is 5.20. The molecule has 0 atom stereocenters. The minimum absolute atomic E-state index is 0.285. The molecule has 8 heteroatoms. The average Bonchev–Trinajstić information content (AvgIpc) is 2.92. The molecule has 1 aromatic heterocycles. The Balaban J connectivity index is 2.01. The smallest absolute Gasteiger partial charge is 0.265 e. The van der Waals surface area contributed by atoms with Crippen LogP contribution in [0.2, 0.25) is 0 Å². The number of nitrogens with zero attached hydrogens (tertiary/aromatic N) is 2. The van der Waals surface area contributed by atoms with E-state index in [2.05, 4.69) is 15.6 Å². The van der Waals surface area contributed by atoms with E-state index < -0.39 is 0 Å². The molecule has 5 nitrogen and oxygen atoms in total. The van der Waals surface area contributed by atoms with Gasteiger partial charge in [-0.05, 0) is 24.0 Å². The number of thioether (sulfide) groups is 2. The molecule has 100 valence electrons. The summed E-state index contributed by atoms with van der Waals surface area (Å²) in [6, 6.07) is 7.36. The molecule has 0 aliphatic heterocycles. The highest BCUT2D eigenvalue weighted by Crippen LogP contribution is 2.29. The third-order valence-corrected chi connectivity index (χ3v) is 5.35. The molecule has 0 saturated carbocycles. The fourth-order valence-corrected chi connectivity index (χ4v) is 3.75. The highest BCUT2D eigenvalue weighted by Gasteiger charge is 2.07. The maximum absolute atomic E-state index is 11.4. The Morgan fingerprint density at radius 1 is 1.42 bits per heavy atom. The number of hydrogen-bond donors (Lipinski definition) is 2. The topological polar surface area (TPSA) is 80.9 Å². The fraction of sp³-hybridized carbons (Fsp3) is 0.182. The highest BCUT2D eigenvalue weighted by atomic mass is 32.2. The van der Waals surface area contributed by atoms with Crippen molar-refractivity contribution < 1.29 is 4.79 Å². The van der Waals surface area contributed by atoms with Gasteiger partial charge in [-0.15, -0.1) is 10.2 Å². The van der Waals surface area contributed by atoms with Gasteiger partial charge in [0.2, 0.25) is 0 Å². The Bertz CT molecular complexity index is 573. The zero-order valence-corrected chi connectivity index (χ0v) is 12.6. The number of nitrogens with one attached hydrogen (secondary N) is 1. The fourth-order valence-electron chi connectivity index (χ4n) is 1.37. The summed E-state index contributed by atoms with van der Waals surface area (Å²) >= 11 is 4.76. The van der Waals surface area contributed by atoms with Crippen LogP contribution in [0, 0.1) is 0 Å². The van der Waals surface area contributed by atoms with Gasteiger partial charge in [-0.1, -0.05) is 47.0 Å². The number of carbonyl (C=O) groups excluding carboxylic acids is 1. The molecular formula is C11H12N4OS3. The predicted molar refractivity (Wildman–Crippen MR) is 79.3 cm³/mol. The summed E-state index contributed by atoms with van der Waals surface area (Å²) in [6.45, 7) is 0. The van der Waals surface area contributed by atoms with Crippen molar-refractivity contribution in [1.29, 1.82) is 0 Å². The molecule has 19 heavy (non-hydrogen) atoms. The van der Waals surface area contributed by atoms with Crippen molar-refractivity contribution in [3.63, 3.8) is 0 Å². The Labute approximate surface area is 123 Å². The molecule has 0 spiro atoms. The van der Waals surface area contributed by atoms with Crippen LogP contribution < -0.4 is 11.3 Å². The van der Waals surface area contributed by atoms with Crippen molar-refractivity contribution in [2.45, 2.75) is 14.4 Å². The number of benzene rings is 1. The zero-order valence-electron chi connectivity index (χ0n) is 10.1. The Morgan fingerprint density at radius 3 is 2.89 bits per heavy atom. The SMILES string of the molecule is CSc1nnc(SCc2cccc(C(=O)NN)c2)s1. The molecule has 0 bridgehead atoms. The molecule has 1 aromatic carbocycles. The van der Waals surface area contributed by atoms with Crippen LogP contribution in [-0.4, -0.2) is 22.4 Å². The van der Waals surface area contributed by atoms with Crippen molar-refractivity contribution in [2.24, 2.45) is 5.84 Å². The van der Waals surface area contributed by atoms with Gasteiger partial charge in [0.1, 0.15) is 0 Å². The second kappa shape index (κ2) is 6.90. The van der Waals surface area contributed by atoms with E-state index in [-0.39, 0.29) is 5.91 Å². The number of carbonyl (C=O) groups is 1. The standard InChI is InChI=1S/C11H12N4OS3/c1-17-10-14-15-11(19-10)18-6-7-3-2-4-8(5-7)9(16)13-12/h2-5H,6,12H2,1H3,(H,13,16). The number of nitrogens with two attached hydrogens (primary N) is 1. The lowest BCUT2D eigenvalue weighted by molar-refractivity contribution is 0.0953. The van der Waals surface area contributed by atoms with Crippen LogP contribution in [0.15, 0.2) is 32.9 Å². The first-order valence-electron chi connectivity index (χ1n) is 5.33. The summed E-state index contributed by atoms with van der Waals surface area (Å²) < 4.78 is 1.89. The number of hydrazine groups is 1. The van der Waals surface area contributed by atoms with Crippen LogP contribution in [0.4, 0.5) is 0 Å². The van der Waals surface area contributed by atoms with Gasteiger partial charge in [-0.3, -0.25) is 10.2 Å². The van der Waals surface area contributed by atoms with E-state index in [9.17, 15) is 4.79 Å². The van der Waals surface area contributed by atoms with Gasteiger partial charge in [-0.25, -0.2) is 5.84 Å². The second-order valence-electron chi connectivity index (χ2n) is 3.50. The summed E-state index contributed by atoms with van der Waals surface area (Å²) in [6.07, 6.45) is 1.98. The van der Waals surface area contributed by atoms with Crippen LogP contribution in [0.1, 0.15) is 15.9 Å². The second-order valence-corrected chi connectivity index (χ2v) is 6.75. The largest absolute Gasteiger partial charge is 0.290 e. The van der Waals surface area contributed by atoms with Gasteiger partial charge in [-0.2, -0.15) is 0 Å². The molecule has 3 N–H and O–H groups in total. The van der Waals surface area contributed by atoms with Crippen LogP contribution in [0.5, 0.6) is 0 Å².